The van der Waals surface area contributed by atoms with Gasteiger partial charge in [-0.2, -0.15) is 8.42 Å². The second-order valence-corrected chi connectivity index (χ2v) is 7.26. The molecule has 17 heavy (non-hydrogen) atoms. The molecular weight excluding hydrogens is 282 g/mol. The Hall–Kier alpha value is -0.790. The standard InChI is InChI=1S/C9H14ClN3O2S2/c1-12(2)9(13(3)4)11-17(14,15)8-6-5-7(10)16-8/h5-6H,1-4H3. The third-order valence-corrected chi connectivity index (χ3v) is 4.76. The van der Waals surface area contributed by atoms with Crippen molar-refractivity contribution in [2.45, 2.75) is 4.21 Å². The van der Waals surface area contributed by atoms with Crippen LogP contribution in [-0.4, -0.2) is 52.4 Å². The lowest BCUT2D eigenvalue weighted by Crippen LogP contribution is -2.36. The monoisotopic (exact) mass is 295 g/mol. The van der Waals surface area contributed by atoms with Crippen LogP contribution in [0.4, 0.5) is 0 Å². The van der Waals surface area contributed by atoms with Crippen LogP contribution in [0.5, 0.6) is 0 Å². The summed E-state index contributed by atoms with van der Waals surface area (Å²) in [5, 5.41) is 0. The summed E-state index contributed by atoms with van der Waals surface area (Å²) in [6.45, 7) is 0. The lowest BCUT2D eigenvalue weighted by atomic mass is 10.7. The number of hydrogen-bond acceptors (Lipinski definition) is 3. The molecule has 5 nitrogen and oxygen atoms in total. The van der Waals surface area contributed by atoms with E-state index in [0.29, 0.717) is 10.3 Å². The third kappa shape index (κ3) is 3.58. The topological polar surface area (TPSA) is 53.0 Å². The fourth-order valence-corrected chi connectivity index (χ4v) is 3.74. The fourth-order valence-electron chi connectivity index (χ4n) is 1.15. The van der Waals surface area contributed by atoms with Crippen LogP contribution in [0.25, 0.3) is 0 Å². The SMILES string of the molecule is CN(C)C(=NS(=O)(=O)c1ccc(Cl)s1)N(C)C. The van der Waals surface area contributed by atoms with E-state index in [2.05, 4.69) is 4.40 Å². The molecule has 8 heteroatoms. The van der Waals surface area contributed by atoms with Crippen molar-refractivity contribution in [1.82, 2.24) is 9.80 Å². The van der Waals surface area contributed by atoms with Crippen molar-refractivity contribution in [3.05, 3.63) is 16.5 Å². The predicted octanol–water partition coefficient (Wildman–Crippen LogP) is 1.57. The van der Waals surface area contributed by atoms with E-state index in [1.807, 2.05) is 0 Å². The van der Waals surface area contributed by atoms with Crippen molar-refractivity contribution in [2.75, 3.05) is 28.2 Å². The van der Waals surface area contributed by atoms with Gasteiger partial charge in [-0.25, -0.2) is 0 Å². The van der Waals surface area contributed by atoms with Crippen molar-refractivity contribution in [2.24, 2.45) is 4.40 Å². The lowest BCUT2D eigenvalue weighted by Gasteiger charge is -2.21. The summed E-state index contributed by atoms with van der Waals surface area (Å²) in [5.41, 5.74) is 0. The smallest absolute Gasteiger partial charge is 0.295 e. The predicted molar refractivity (Wildman–Crippen MR) is 71.3 cm³/mol. The maximum atomic E-state index is 12.0. The van der Waals surface area contributed by atoms with Gasteiger partial charge in [0, 0.05) is 28.2 Å². The van der Waals surface area contributed by atoms with Crippen molar-refractivity contribution in [3.63, 3.8) is 0 Å². The Labute approximate surface area is 110 Å². The maximum absolute atomic E-state index is 12.0. The lowest BCUT2D eigenvalue weighted by molar-refractivity contribution is 0.484. The average molecular weight is 296 g/mol. The Balaban J connectivity index is 3.19. The van der Waals surface area contributed by atoms with E-state index < -0.39 is 10.0 Å². The molecule has 0 unspecified atom stereocenters. The van der Waals surface area contributed by atoms with E-state index in [1.54, 1.807) is 44.1 Å². The molecule has 0 saturated heterocycles. The number of hydrogen-bond donors (Lipinski definition) is 0. The second-order valence-electron chi connectivity index (χ2n) is 3.71. The number of thiophene rings is 1. The van der Waals surface area contributed by atoms with Crippen LogP contribution >= 0.6 is 22.9 Å². The number of nitrogens with zero attached hydrogens (tertiary/aromatic N) is 3. The van der Waals surface area contributed by atoms with Gasteiger partial charge in [0.2, 0.25) is 5.96 Å². The van der Waals surface area contributed by atoms with E-state index in [9.17, 15) is 8.42 Å². The Morgan fingerprint density at radius 3 is 2.12 bits per heavy atom. The van der Waals surface area contributed by atoms with Gasteiger partial charge in [-0.3, -0.25) is 0 Å². The van der Waals surface area contributed by atoms with Gasteiger partial charge in [0.15, 0.2) is 0 Å². The van der Waals surface area contributed by atoms with E-state index >= 15 is 0 Å². The minimum atomic E-state index is -3.69. The highest BCUT2D eigenvalue weighted by atomic mass is 35.5. The van der Waals surface area contributed by atoms with Crippen molar-refractivity contribution >= 4 is 38.9 Å². The maximum Gasteiger partial charge on any atom is 0.295 e. The van der Waals surface area contributed by atoms with Gasteiger partial charge in [-0.05, 0) is 12.1 Å². The number of rotatable bonds is 2. The highest BCUT2D eigenvalue weighted by Crippen LogP contribution is 2.27. The molecule has 0 aliphatic carbocycles. The first kappa shape index (κ1) is 14.3. The first-order valence-electron chi connectivity index (χ1n) is 4.69. The Morgan fingerprint density at radius 2 is 1.76 bits per heavy atom. The van der Waals surface area contributed by atoms with Gasteiger partial charge in [0.25, 0.3) is 10.0 Å². The molecule has 0 N–H and O–H groups in total. The van der Waals surface area contributed by atoms with Gasteiger partial charge in [-0.1, -0.05) is 11.6 Å². The first-order chi connectivity index (χ1) is 7.74. The molecule has 0 fully saturated rings. The summed E-state index contributed by atoms with van der Waals surface area (Å²) in [7, 11) is 3.24. The Kier molecular flexibility index (Phi) is 4.40. The van der Waals surface area contributed by atoms with Crippen LogP contribution in [0.1, 0.15) is 0 Å². The Morgan fingerprint density at radius 1 is 1.24 bits per heavy atom. The van der Waals surface area contributed by atoms with Crippen molar-refractivity contribution < 1.29 is 8.42 Å². The van der Waals surface area contributed by atoms with Crippen LogP contribution in [0.15, 0.2) is 20.7 Å². The summed E-state index contributed by atoms with van der Waals surface area (Å²) in [6.07, 6.45) is 0. The van der Waals surface area contributed by atoms with Gasteiger partial charge in [0.1, 0.15) is 4.21 Å². The van der Waals surface area contributed by atoms with Gasteiger partial charge in [0.05, 0.1) is 4.34 Å². The van der Waals surface area contributed by atoms with Gasteiger partial charge in [-0.15, -0.1) is 15.7 Å². The normalized spacial score (nSPS) is 11.1. The van der Waals surface area contributed by atoms with Crippen molar-refractivity contribution in [1.29, 1.82) is 0 Å². The zero-order valence-electron chi connectivity index (χ0n) is 10.0. The summed E-state index contributed by atoms with van der Waals surface area (Å²) in [6, 6.07) is 2.99. The van der Waals surface area contributed by atoms with Crippen LogP contribution in [0.2, 0.25) is 4.34 Å². The average Bonchev–Trinajstić information content (AvgIpc) is 2.61. The zero-order valence-corrected chi connectivity index (χ0v) is 12.4. The molecule has 0 aliphatic rings. The molecule has 0 atom stereocenters. The molecule has 1 aromatic rings. The Bertz CT molecular complexity index is 510. The van der Waals surface area contributed by atoms with E-state index in [0.717, 1.165) is 11.3 Å². The van der Waals surface area contributed by atoms with Crippen LogP contribution in [-0.2, 0) is 10.0 Å². The molecule has 1 rings (SSSR count). The quantitative estimate of drug-likeness (QED) is 0.614. The fraction of sp³-hybridized carbons (Fsp3) is 0.444. The number of guanidine groups is 1. The number of halogens is 1. The molecule has 0 aromatic carbocycles. The van der Waals surface area contributed by atoms with Gasteiger partial charge < -0.3 is 9.80 Å². The molecule has 0 spiro atoms. The highest BCUT2D eigenvalue weighted by Gasteiger charge is 2.18. The van der Waals surface area contributed by atoms with Crippen LogP contribution in [0.3, 0.4) is 0 Å². The molecule has 0 aliphatic heterocycles. The minimum Gasteiger partial charge on any atom is -0.348 e. The first-order valence-corrected chi connectivity index (χ1v) is 7.32. The molecule has 0 amide bonds. The summed E-state index contributed by atoms with van der Waals surface area (Å²) in [4.78, 5) is 3.26. The van der Waals surface area contributed by atoms with Crippen LogP contribution < -0.4 is 0 Å². The second kappa shape index (κ2) is 5.24. The van der Waals surface area contributed by atoms with Crippen LogP contribution in [0, 0.1) is 0 Å². The summed E-state index contributed by atoms with van der Waals surface area (Å²) >= 11 is 6.71. The van der Waals surface area contributed by atoms with Crippen molar-refractivity contribution in [3.8, 4) is 0 Å². The largest absolute Gasteiger partial charge is 0.348 e. The minimum absolute atomic E-state index is 0.142. The molecule has 1 aromatic heterocycles. The highest BCUT2D eigenvalue weighted by molar-refractivity contribution is 7.92. The summed E-state index contributed by atoms with van der Waals surface area (Å²) in [5.74, 6) is 0.356. The molecule has 0 saturated carbocycles. The summed E-state index contributed by atoms with van der Waals surface area (Å²) < 4.78 is 28.3. The van der Waals surface area contributed by atoms with E-state index in [1.165, 1.54) is 6.07 Å². The zero-order chi connectivity index (χ0) is 13.2. The molecule has 96 valence electrons. The number of sulfonamides is 1. The molecule has 0 bridgehead atoms. The third-order valence-electron chi connectivity index (χ3n) is 1.80. The van der Waals surface area contributed by atoms with E-state index in [4.69, 9.17) is 11.6 Å². The molecule has 0 radical (unpaired) electrons. The van der Waals surface area contributed by atoms with E-state index in [-0.39, 0.29) is 4.21 Å². The van der Waals surface area contributed by atoms with Gasteiger partial charge >= 0.3 is 0 Å². The molecular formula is C9H14ClN3O2S2. The molecule has 1 heterocycles.